The molecule has 0 atom stereocenters. The fourth-order valence-electron chi connectivity index (χ4n) is 2.75. The molecule has 122 valence electrons. The van der Waals surface area contributed by atoms with Crippen LogP contribution in [0.3, 0.4) is 0 Å². The number of nitrogens with zero attached hydrogens (tertiary/aromatic N) is 4. The molecular weight excluding hydrogens is 280 g/mol. The number of carbonyl (C=O) groups is 1. The topological polar surface area (TPSA) is 59.9 Å². The Kier molecular flexibility index (Phi) is 5.03. The number of hydrogen-bond acceptors (Lipinski definition) is 5. The molecule has 1 amide bonds. The lowest BCUT2D eigenvalue weighted by atomic mass is 10.1. The highest BCUT2D eigenvalue weighted by Crippen LogP contribution is 2.18. The summed E-state index contributed by atoms with van der Waals surface area (Å²) in [5, 5.41) is 9.88. The zero-order valence-electron chi connectivity index (χ0n) is 13.9. The van der Waals surface area contributed by atoms with E-state index >= 15 is 0 Å². The maximum atomic E-state index is 12.7. The molecule has 2 heterocycles. The van der Waals surface area contributed by atoms with Gasteiger partial charge in [-0.05, 0) is 26.0 Å². The molecule has 1 N–H and O–H groups in total. The Labute approximate surface area is 132 Å². The summed E-state index contributed by atoms with van der Waals surface area (Å²) < 4.78 is 0. The van der Waals surface area contributed by atoms with Gasteiger partial charge in [-0.25, -0.2) is 4.98 Å². The smallest absolute Gasteiger partial charge is 0.257 e. The van der Waals surface area contributed by atoms with Crippen molar-refractivity contribution in [3.8, 4) is 0 Å². The molecule has 0 unspecified atom stereocenters. The van der Waals surface area contributed by atoms with Crippen molar-refractivity contribution in [2.45, 2.75) is 19.4 Å². The number of β-amino-alcohol motifs (C(OH)–C–C–N with tert-alkyl or cyclic N) is 1. The van der Waals surface area contributed by atoms with Gasteiger partial charge in [0.15, 0.2) is 0 Å². The van der Waals surface area contributed by atoms with E-state index in [4.69, 9.17) is 0 Å². The van der Waals surface area contributed by atoms with Crippen LogP contribution in [0.15, 0.2) is 18.3 Å². The first-order valence-electron chi connectivity index (χ1n) is 7.64. The number of aromatic nitrogens is 1. The molecule has 0 saturated carbocycles. The van der Waals surface area contributed by atoms with Gasteiger partial charge in [-0.15, -0.1) is 0 Å². The second kappa shape index (κ2) is 6.62. The third kappa shape index (κ3) is 4.18. The predicted molar refractivity (Wildman–Crippen MR) is 87.2 cm³/mol. The van der Waals surface area contributed by atoms with Gasteiger partial charge < -0.3 is 14.9 Å². The third-order valence-corrected chi connectivity index (χ3v) is 3.71. The highest BCUT2D eigenvalue weighted by atomic mass is 16.3. The van der Waals surface area contributed by atoms with E-state index in [1.165, 1.54) is 0 Å². The van der Waals surface area contributed by atoms with E-state index in [1.807, 2.05) is 43.8 Å². The normalized spacial score (nSPS) is 16.7. The lowest BCUT2D eigenvalue weighted by Gasteiger charge is -2.37. The average molecular weight is 306 g/mol. The number of hydrogen-bond donors (Lipinski definition) is 1. The van der Waals surface area contributed by atoms with Crippen molar-refractivity contribution < 1.29 is 9.90 Å². The van der Waals surface area contributed by atoms with Crippen molar-refractivity contribution in [3.05, 3.63) is 23.9 Å². The molecule has 0 radical (unpaired) electrons. The van der Waals surface area contributed by atoms with E-state index in [2.05, 4.69) is 9.88 Å². The Morgan fingerprint density at radius 2 is 1.95 bits per heavy atom. The van der Waals surface area contributed by atoms with Gasteiger partial charge in [0.1, 0.15) is 5.82 Å². The summed E-state index contributed by atoms with van der Waals surface area (Å²) in [6.07, 6.45) is 1.70. The van der Waals surface area contributed by atoms with Crippen molar-refractivity contribution >= 4 is 11.7 Å². The molecule has 22 heavy (non-hydrogen) atoms. The Bertz CT molecular complexity index is 517. The molecule has 1 aliphatic heterocycles. The van der Waals surface area contributed by atoms with E-state index < -0.39 is 5.60 Å². The van der Waals surface area contributed by atoms with Crippen molar-refractivity contribution in [3.63, 3.8) is 0 Å². The van der Waals surface area contributed by atoms with Crippen molar-refractivity contribution in [1.29, 1.82) is 0 Å². The number of amides is 1. The van der Waals surface area contributed by atoms with E-state index in [0.29, 0.717) is 31.0 Å². The molecule has 2 rings (SSSR count). The van der Waals surface area contributed by atoms with E-state index in [1.54, 1.807) is 12.3 Å². The van der Waals surface area contributed by atoms with Gasteiger partial charge in [-0.3, -0.25) is 9.69 Å². The SMILES string of the molecule is CN(C)c1ncccc1C(=O)N1CCN(CC(C)(C)O)CC1. The summed E-state index contributed by atoms with van der Waals surface area (Å²) in [6, 6.07) is 3.62. The first-order chi connectivity index (χ1) is 10.3. The van der Waals surface area contributed by atoms with Gasteiger partial charge in [-0.2, -0.15) is 0 Å². The average Bonchev–Trinajstić information content (AvgIpc) is 2.45. The van der Waals surface area contributed by atoms with Gasteiger partial charge in [0.25, 0.3) is 5.91 Å². The molecular formula is C16H26N4O2. The van der Waals surface area contributed by atoms with Crippen LogP contribution in [-0.4, -0.2) is 78.2 Å². The summed E-state index contributed by atoms with van der Waals surface area (Å²) in [6.45, 7) is 7.17. The minimum atomic E-state index is -0.701. The molecule has 1 aromatic rings. The zero-order chi connectivity index (χ0) is 16.3. The van der Waals surface area contributed by atoms with Crippen molar-refractivity contribution in [1.82, 2.24) is 14.8 Å². The van der Waals surface area contributed by atoms with Crippen LogP contribution in [0, 0.1) is 0 Å². The molecule has 6 heteroatoms. The standard InChI is InChI=1S/C16H26N4O2/c1-16(2,22)12-19-8-10-20(11-9-19)15(21)13-6-5-7-17-14(13)18(3)4/h5-7,22H,8-12H2,1-4H3. The summed E-state index contributed by atoms with van der Waals surface area (Å²) in [4.78, 5) is 22.9. The lowest BCUT2D eigenvalue weighted by molar-refractivity contribution is 0.0178. The summed E-state index contributed by atoms with van der Waals surface area (Å²) in [5.41, 5.74) is -0.0587. The zero-order valence-corrected chi connectivity index (χ0v) is 13.9. The quantitative estimate of drug-likeness (QED) is 0.886. The Balaban J connectivity index is 2.01. The predicted octanol–water partition coefficient (Wildman–Crippen LogP) is 0.676. The monoisotopic (exact) mass is 306 g/mol. The van der Waals surface area contributed by atoms with Crippen LogP contribution in [0.1, 0.15) is 24.2 Å². The minimum absolute atomic E-state index is 0.0275. The largest absolute Gasteiger partial charge is 0.389 e. The first kappa shape index (κ1) is 16.7. The maximum absolute atomic E-state index is 12.7. The number of piperazine rings is 1. The number of rotatable bonds is 4. The molecule has 0 bridgehead atoms. The van der Waals surface area contributed by atoms with Crippen LogP contribution in [0.4, 0.5) is 5.82 Å². The summed E-state index contributed by atoms with van der Waals surface area (Å²) >= 11 is 0. The van der Waals surface area contributed by atoms with Gasteiger partial charge in [-0.1, -0.05) is 0 Å². The molecule has 1 fully saturated rings. The van der Waals surface area contributed by atoms with Gasteiger partial charge in [0.2, 0.25) is 0 Å². The van der Waals surface area contributed by atoms with Gasteiger partial charge >= 0.3 is 0 Å². The minimum Gasteiger partial charge on any atom is -0.389 e. The molecule has 6 nitrogen and oxygen atoms in total. The van der Waals surface area contributed by atoms with Crippen LogP contribution in [-0.2, 0) is 0 Å². The van der Waals surface area contributed by atoms with Crippen LogP contribution in [0.5, 0.6) is 0 Å². The summed E-state index contributed by atoms with van der Waals surface area (Å²) in [5.74, 6) is 0.728. The second-order valence-corrected chi connectivity index (χ2v) is 6.65. The summed E-state index contributed by atoms with van der Waals surface area (Å²) in [7, 11) is 3.78. The number of pyridine rings is 1. The third-order valence-electron chi connectivity index (χ3n) is 3.71. The lowest BCUT2D eigenvalue weighted by Crippen LogP contribution is -2.52. The number of aliphatic hydroxyl groups is 1. The van der Waals surface area contributed by atoms with Gasteiger partial charge in [0.05, 0.1) is 11.2 Å². The fraction of sp³-hybridized carbons (Fsp3) is 0.625. The first-order valence-corrected chi connectivity index (χ1v) is 7.64. The second-order valence-electron chi connectivity index (χ2n) is 6.65. The van der Waals surface area contributed by atoms with E-state index in [9.17, 15) is 9.90 Å². The molecule has 1 aliphatic rings. The van der Waals surface area contributed by atoms with Crippen LogP contribution >= 0.6 is 0 Å². The van der Waals surface area contributed by atoms with Crippen LogP contribution in [0.25, 0.3) is 0 Å². The Morgan fingerprint density at radius 1 is 1.32 bits per heavy atom. The number of anilines is 1. The van der Waals surface area contributed by atoms with Crippen LogP contribution in [0.2, 0.25) is 0 Å². The van der Waals surface area contributed by atoms with Crippen molar-refractivity contribution in [2.24, 2.45) is 0 Å². The molecule has 1 saturated heterocycles. The number of carbonyl (C=O) groups excluding carboxylic acids is 1. The Morgan fingerprint density at radius 3 is 2.50 bits per heavy atom. The van der Waals surface area contributed by atoms with Crippen LogP contribution < -0.4 is 4.90 Å². The van der Waals surface area contributed by atoms with E-state index in [0.717, 1.165) is 13.1 Å². The molecule has 0 spiro atoms. The Hall–Kier alpha value is -1.66. The highest BCUT2D eigenvalue weighted by Gasteiger charge is 2.27. The van der Waals surface area contributed by atoms with E-state index in [-0.39, 0.29) is 5.91 Å². The fourth-order valence-corrected chi connectivity index (χ4v) is 2.75. The highest BCUT2D eigenvalue weighted by molar-refractivity contribution is 5.98. The van der Waals surface area contributed by atoms with Gasteiger partial charge in [0, 0.05) is 53.0 Å². The molecule has 0 aliphatic carbocycles. The van der Waals surface area contributed by atoms with Crippen molar-refractivity contribution in [2.75, 3.05) is 51.7 Å². The maximum Gasteiger partial charge on any atom is 0.257 e. The molecule has 0 aromatic carbocycles. The molecule has 1 aromatic heterocycles.